The SMILES string of the molecule is O=C(CN1C(=O)S/C(=C/c2ccc(Oc3ccc([N+](=O)[O-])cc3[N+](=O)[O-])cc2)C1=O)Nc1ccc(F)c(Cl)c1. The average molecular weight is 573 g/mol. The second-order valence-corrected chi connectivity index (χ2v) is 9.18. The Balaban J connectivity index is 1.43. The van der Waals surface area contributed by atoms with E-state index in [1.807, 2.05) is 0 Å². The van der Waals surface area contributed by atoms with Crippen molar-refractivity contribution in [2.45, 2.75) is 0 Å². The minimum atomic E-state index is -0.804. The lowest BCUT2D eigenvalue weighted by atomic mass is 10.2. The number of ether oxygens (including phenoxy) is 1. The molecule has 0 saturated carbocycles. The summed E-state index contributed by atoms with van der Waals surface area (Å²) in [6.45, 7) is -0.572. The summed E-state index contributed by atoms with van der Waals surface area (Å²) in [6.07, 6.45) is 1.42. The van der Waals surface area contributed by atoms with Crippen LogP contribution >= 0.6 is 23.4 Å². The number of amides is 3. The van der Waals surface area contributed by atoms with Crippen LogP contribution in [-0.2, 0) is 9.59 Å². The van der Waals surface area contributed by atoms with Gasteiger partial charge in [0.05, 0.1) is 25.8 Å². The summed E-state index contributed by atoms with van der Waals surface area (Å²) in [5.41, 5.74) is -0.379. The maximum Gasteiger partial charge on any atom is 0.318 e. The highest BCUT2D eigenvalue weighted by Crippen LogP contribution is 2.35. The zero-order valence-corrected chi connectivity index (χ0v) is 20.9. The molecule has 1 fully saturated rings. The molecule has 1 N–H and O–H groups in total. The third kappa shape index (κ3) is 6.37. The van der Waals surface area contributed by atoms with Crippen LogP contribution in [0.15, 0.2) is 65.6 Å². The van der Waals surface area contributed by atoms with Gasteiger partial charge in [0.1, 0.15) is 18.1 Å². The maximum atomic E-state index is 13.3. The topological polar surface area (TPSA) is 162 Å². The van der Waals surface area contributed by atoms with Crippen molar-refractivity contribution in [3.8, 4) is 11.5 Å². The quantitative estimate of drug-likeness (QED) is 0.201. The molecule has 4 rings (SSSR count). The molecule has 1 aliphatic rings. The number of imide groups is 1. The van der Waals surface area contributed by atoms with Crippen LogP contribution in [0.2, 0.25) is 5.02 Å². The van der Waals surface area contributed by atoms with E-state index in [1.165, 1.54) is 42.5 Å². The van der Waals surface area contributed by atoms with Crippen LogP contribution in [0.25, 0.3) is 6.08 Å². The van der Waals surface area contributed by atoms with Gasteiger partial charge in [-0.15, -0.1) is 0 Å². The third-order valence-corrected chi connectivity index (χ3v) is 6.33. The van der Waals surface area contributed by atoms with Crippen molar-refractivity contribution >= 4 is 63.6 Å². The van der Waals surface area contributed by atoms with E-state index in [0.717, 1.165) is 29.2 Å². The number of nitrogens with zero attached hydrogens (tertiary/aromatic N) is 3. The van der Waals surface area contributed by atoms with Crippen molar-refractivity contribution in [3.05, 3.63) is 102 Å². The van der Waals surface area contributed by atoms with Crippen molar-refractivity contribution in [1.82, 2.24) is 4.90 Å². The van der Waals surface area contributed by atoms with Crippen molar-refractivity contribution < 1.29 is 33.4 Å². The largest absolute Gasteiger partial charge is 0.450 e. The molecule has 198 valence electrons. The molecule has 15 heteroatoms. The third-order valence-electron chi connectivity index (χ3n) is 5.13. The first kappa shape index (κ1) is 27.2. The van der Waals surface area contributed by atoms with Gasteiger partial charge in [0.2, 0.25) is 11.7 Å². The van der Waals surface area contributed by atoms with Crippen LogP contribution < -0.4 is 10.1 Å². The smallest absolute Gasteiger partial charge is 0.318 e. The normalized spacial score (nSPS) is 14.0. The summed E-state index contributed by atoms with van der Waals surface area (Å²) in [6, 6.07) is 12.4. The molecule has 0 spiro atoms. The number of carbonyl (C=O) groups is 3. The van der Waals surface area contributed by atoms with Crippen LogP contribution in [0.3, 0.4) is 0 Å². The van der Waals surface area contributed by atoms with Crippen LogP contribution in [-0.4, -0.2) is 38.3 Å². The minimum absolute atomic E-state index is 0.0531. The number of carbonyl (C=O) groups excluding carboxylic acids is 3. The number of hydrogen-bond donors (Lipinski definition) is 1. The molecule has 39 heavy (non-hydrogen) atoms. The zero-order chi connectivity index (χ0) is 28.3. The van der Waals surface area contributed by atoms with Gasteiger partial charge in [-0.2, -0.15) is 0 Å². The van der Waals surface area contributed by atoms with Gasteiger partial charge in [0, 0.05) is 11.8 Å². The first-order valence-electron chi connectivity index (χ1n) is 10.7. The van der Waals surface area contributed by atoms with Crippen LogP contribution in [0, 0.1) is 26.0 Å². The Labute approximate surface area is 227 Å². The lowest BCUT2D eigenvalue weighted by molar-refractivity contribution is -0.394. The molecule has 0 radical (unpaired) electrons. The molecule has 0 atom stereocenters. The molecule has 3 amide bonds. The summed E-state index contributed by atoms with van der Waals surface area (Å²) in [5, 5.41) is 23.7. The molecule has 3 aromatic carbocycles. The second kappa shape index (κ2) is 11.3. The van der Waals surface area contributed by atoms with E-state index in [1.54, 1.807) is 0 Å². The maximum absolute atomic E-state index is 13.3. The van der Waals surface area contributed by atoms with Crippen molar-refractivity contribution in [2.24, 2.45) is 0 Å². The number of anilines is 1. The van der Waals surface area contributed by atoms with Gasteiger partial charge in [-0.25, -0.2) is 4.39 Å². The number of nitrogens with one attached hydrogen (secondary N) is 1. The number of nitro benzene ring substituents is 2. The van der Waals surface area contributed by atoms with E-state index in [2.05, 4.69) is 5.32 Å². The first-order valence-corrected chi connectivity index (χ1v) is 11.9. The number of thioether (sulfide) groups is 1. The summed E-state index contributed by atoms with van der Waals surface area (Å²) in [7, 11) is 0. The number of non-ortho nitro benzene ring substituents is 1. The molecular formula is C24H14ClFN4O8S. The first-order chi connectivity index (χ1) is 18.5. The molecule has 12 nitrogen and oxygen atoms in total. The Hall–Kier alpha value is -4.82. The van der Waals surface area contributed by atoms with Crippen LogP contribution in [0.4, 0.5) is 26.2 Å². The number of benzene rings is 3. The molecule has 0 unspecified atom stereocenters. The number of halogens is 2. The van der Waals surface area contributed by atoms with E-state index in [9.17, 15) is 39.0 Å². The van der Waals surface area contributed by atoms with Crippen LogP contribution in [0.1, 0.15) is 5.56 Å². The Morgan fingerprint density at radius 3 is 2.41 bits per heavy atom. The molecule has 0 aliphatic carbocycles. The second-order valence-electron chi connectivity index (χ2n) is 7.78. The zero-order valence-electron chi connectivity index (χ0n) is 19.3. The highest BCUT2D eigenvalue weighted by atomic mass is 35.5. The van der Waals surface area contributed by atoms with Crippen molar-refractivity contribution in [1.29, 1.82) is 0 Å². The van der Waals surface area contributed by atoms with Gasteiger partial charge in [0.25, 0.3) is 16.8 Å². The fourth-order valence-electron chi connectivity index (χ4n) is 3.31. The molecule has 0 aromatic heterocycles. The monoisotopic (exact) mass is 572 g/mol. The van der Waals surface area contributed by atoms with Gasteiger partial charge in [-0.1, -0.05) is 23.7 Å². The van der Waals surface area contributed by atoms with Crippen molar-refractivity contribution in [3.63, 3.8) is 0 Å². The fourth-order valence-corrected chi connectivity index (χ4v) is 4.33. The number of rotatable bonds is 8. The van der Waals surface area contributed by atoms with E-state index in [0.29, 0.717) is 17.3 Å². The molecule has 1 aliphatic heterocycles. The van der Waals surface area contributed by atoms with E-state index in [4.69, 9.17) is 16.3 Å². The van der Waals surface area contributed by atoms with Gasteiger partial charge < -0.3 is 10.1 Å². The Morgan fingerprint density at radius 2 is 1.77 bits per heavy atom. The molecule has 3 aromatic rings. The molecule has 0 bridgehead atoms. The standard InChI is InChI=1S/C24H14ClFN4O8S/c25-17-10-14(3-7-18(17)26)27-22(31)12-28-23(32)21(39-24(28)33)9-13-1-5-16(6-2-13)38-20-8-4-15(29(34)35)11-19(20)30(36)37/h1-11H,12H2,(H,27,31)/b21-9+. The lowest BCUT2D eigenvalue weighted by Crippen LogP contribution is -2.36. The van der Waals surface area contributed by atoms with Crippen molar-refractivity contribution in [2.75, 3.05) is 11.9 Å². The Kier molecular flexibility index (Phi) is 7.88. The highest BCUT2D eigenvalue weighted by Gasteiger charge is 2.36. The highest BCUT2D eigenvalue weighted by molar-refractivity contribution is 8.18. The van der Waals surface area contributed by atoms with E-state index in [-0.39, 0.29) is 27.1 Å². The van der Waals surface area contributed by atoms with E-state index >= 15 is 0 Å². The molecule has 1 saturated heterocycles. The summed E-state index contributed by atoms with van der Waals surface area (Å²) in [4.78, 5) is 58.8. The minimum Gasteiger partial charge on any atom is -0.450 e. The summed E-state index contributed by atoms with van der Waals surface area (Å²) in [5.74, 6) is -2.09. The van der Waals surface area contributed by atoms with Gasteiger partial charge in [-0.3, -0.25) is 39.5 Å². The average Bonchev–Trinajstić information content (AvgIpc) is 3.14. The van der Waals surface area contributed by atoms with Crippen LogP contribution in [0.5, 0.6) is 11.5 Å². The number of nitro groups is 2. The van der Waals surface area contributed by atoms with Gasteiger partial charge in [0.15, 0.2) is 0 Å². The Bertz CT molecular complexity index is 1560. The Morgan fingerprint density at radius 1 is 1.05 bits per heavy atom. The summed E-state index contributed by atoms with van der Waals surface area (Å²) < 4.78 is 18.8. The number of hydrogen-bond acceptors (Lipinski definition) is 9. The van der Waals surface area contributed by atoms with Gasteiger partial charge >= 0.3 is 5.69 Å². The fraction of sp³-hybridized carbons (Fsp3) is 0.0417. The molecule has 1 heterocycles. The van der Waals surface area contributed by atoms with Gasteiger partial charge in [-0.05, 0) is 59.8 Å². The predicted octanol–water partition coefficient (Wildman–Crippen LogP) is 5.76. The van der Waals surface area contributed by atoms with E-state index < -0.39 is 50.6 Å². The predicted molar refractivity (Wildman–Crippen MR) is 139 cm³/mol. The summed E-state index contributed by atoms with van der Waals surface area (Å²) >= 11 is 6.31. The molecular weight excluding hydrogens is 559 g/mol. The lowest BCUT2D eigenvalue weighted by Gasteiger charge is -2.12.